The van der Waals surface area contributed by atoms with Crippen molar-refractivity contribution >= 4 is 5.82 Å². The van der Waals surface area contributed by atoms with Crippen molar-refractivity contribution in [1.29, 1.82) is 5.26 Å². The molecule has 0 fully saturated rings. The van der Waals surface area contributed by atoms with Crippen molar-refractivity contribution in [1.82, 2.24) is 4.98 Å². The molecule has 0 N–H and O–H groups in total. The third-order valence-electron chi connectivity index (χ3n) is 3.63. The predicted molar refractivity (Wildman–Crippen MR) is 90.1 cm³/mol. The summed E-state index contributed by atoms with van der Waals surface area (Å²) in [6, 6.07) is 9.91. The second kappa shape index (κ2) is 7.01. The Kier molecular flexibility index (Phi) is 5.07. The summed E-state index contributed by atoms with van der Waals surface area (Å²) in [5.41, 5.74) is 3.46. The summed E-state index contributed by atoms with van der Waals surface area (Å²) in [5, 5.41) is 9.41. The molecule has 2 rings (SSSR count). The summed E-state index contributed by atoms with van der Waals surface area (Å²) in [6.45, 7) is 4.46. The predicted octanol–water partition coefficient (Wildman–Crippen LogP) is 3.22. The van der Waals surface area contributed by atoms with Crippen LogP contribution in [0, 0.1) is 25.2 Å². The molecule has 0 amide bonds. The Bertz CT molecular complexity index is 728. The maximum atomic E-state index is 9.41. The zero-order valence-electron chi connectivity index (χ0n) is 14.2. The number of benzene rings is 1. The fourth-order valence-corrected chi connectivity index (χ4v) is 2.54. The average molecular weight is 311 g/mol. The number of aromatic nitrogens is 1. The van der Waals surface area contributed by atoms with E-state index >= 15 is 0 Å². The van der Waals surface area contributed by atoms with E-state index in [1.54, 1.807) is 14.2 Å². The highest BCUT2D eigenvalue weighted by atomic mass is 16.5. The van der Waals surface area contributed by atoms with E-state index in [2.05, 4.69) is 11.1 Å². The van der Waals surface area contributed by atoms with Crippen LogP contribution in [0.4, 0.5) is 5.82 Å². The van der Waals surface area contributed by atoms with E-state index in [-0.39, 0.29) is 0 Å². The van der Waals surface area contributed by atoms with Crippen LogP contribution >= 0.6 is 0 Å². The molecule has 0 radical (unpaired) electrons. The molecule has 0 bridgehead atoms. The number of ether oxygens (including phenoxy) is 2. The van der Waals surface area contributed by atoms with Crippen LogP contribution < -0.4 is 14.4 Å². The van der Waals surface area contributed by atoms with Crippen molar-refractivity contribution in [3.8, 4) is 17.6 Å². The number of pyridine rings is 1. The summed E-state index contributed by atoms with van der Waals surface area (Å²) in [5.74, 6) is 2.16. The van der Waals surface area contributed by atoms with Crippen molar-refractivity contribution < 1.29 is 9.47 Å². The molecule has 2 aromatic rings. The van der Waals surface area contributed by atoms with Gasteiger partial charge in [0.2, 0.25) is 0 Å². The van der Waals surface area contributed by atoms with E-state index in [9.17, 15) is 5.26 Å². The number of hydrogen-bond acceptors (Lipinski definition) is 5. The smallest absolute Gasteiger partial charge is 0.147 e. The summed E-state index contributed by atoms with van der Waals surface area (Å²) in [6.07, 6.45) is 0. The molecule has 0 aliphatic carbocycles. The first-order valence-corrected chi connectivity index (χ1v) is 7.30. The summed E-state index contributed by atoms with van der Waals surface area (Å²) >= 11 is 0. The lowest BCUT2D eigenvalue weighted by molar-refractivity contribution is 0.393. The molecule has 0 saturated heterocycles. The summed E-state index contributed by atoms with van der Waals surface area (Å²) in [4.78, 5) is 6.49. The first-order valence-electron chi connectivity index (χ1n) is 7.30. The Morgan fingerprint density at radius 2 is 1.70 bits per heavy atom. The van der Waals surface area contributed by atoms with Crippen LogP contribution in [0.1, 0.15) is 22.4 Å². The lowest BCUT2D eigenvalue weighted by Crippen LogP contribution is -2.20. The van der Waals surface area contributed by atoms with E-state index in [4.69, 9.17) is 9.47 Å². The first-order chi connectivity index (χ1) is 11.0. The van der Waals surface area contributed by atoms with Gasteiger partial charge in [-0.2, -0.15) is 5.26 Å². The molecule has 0 aliphatic heterocycles. The van der Waals surface area contributed by atoms with Gasteiger partial charge in [-0.3, -0.25) is 0 Å². The van der Waals surface area contributed by atoms with E-state index in [1.165, 1.54) is 0 Å². The van der Waals surface area contributed by atoms with Crippen molar-refractivity contribution in [2.75, 3.05) is 26.2 Å². The van der Waals surface area contributed by atoms with E-state index < -0.39 is 0 Å². The number of nitrogens with zero attached hydrogens (tertiary/aromatic N) is 3. The van der Waals surface area contributed by atoms with Crippen LogP contribution in [0.2, 0.25) is 0 Å². The zero-order chi connectivity index (χ0) is 17.0. The molecule has 0 spiro atoms. The van der Waals surface area contributed by atoms with E-state index in [0.29, 0.717) is 17.9 Å². The highest BCUT2D eigenvalue weighted by Gasteiger charge is 2.14. The summed E-state index contributed by atoms with van der Waals surface area (Å²) < 4.78 is 10.6. The minimum atomic E-state index is 0.595. The quantitative estimate of drug-likeness (QED) is 0.848. The number of nitriles is 1. The number of aryl methyl sites for hydroxylation is 2. The molecule has 23 heavy (non-hydrogen) atoms. The van der Waals surface area contributed by atoms with Crippen LogP contribution in [0.5, 0.6) is 11.5 Å². The van der Waals surface area contributed by atoms with Crippen LogP contribution in [0.15, 0.2) is 24.3 Å². The fourth-order valence-electron chi connectivity index (χ4n) is 2.54. The number of rotatable bonds is 5. The third kappa shape index (κ3) is 3.72. The highest BCUT2D eigenvalue weighted by molar-refractivity contribution is 5.58. The van der Waals surface area contributed by atoms with Gasteiger partial charge in [-0.1, -0.05) is 0 Å². The molecule has 0 saturated carbocycles. The first kappa shape index (κ1) is 16.6. The monoisotopic (exact) mass is 311 g/mol. The van der Waals surface area contributed by atoms with E-state index in [0.717, 1.165) is 28.3 Å². The number of anilines is 1. The standard InChI is InChI=1S/C18H21N3O2/c1-12-6-13(2)20-18(17(12)10-19)21(3)11-14-7-15(22-4)9-16(8-14)23-5/h6-9H,11H2,1-5H3. The van der Waals surface area contributed by atoms with Gasteiger partial charge in [0.05, 0.1) is 19.8 Å². The maximum absolute atomic E-state index is 9.41. The Morgan fingerprint density at radius 1 is 1.09 bits per heavy atom. The van der Waals surface area contributed by atoms with Crippen LogP contribution in [-0.2, 0) is 6.54 Å². The van der Waals surface area contributed by atoms with Crippen molar-refractivity contribution in [3.63, 3.8) is 0 Å². The Hall–Kier alpha value is -2.74. The normalized spacial score (nSPS) is 10.1. The SMILES string of the molecule is COc1cc(CN(C)c2nc(C)cc(C)c2C#N)cc(OC)c1. The molecule has 0 aliphatic rings. The van der Waals surface area contributed by atoms with E-state index in [1.807, 2.05) is 50.1 Å². The van der Waals surface area contributed by atoms with Gasteiger partial charge in [-0.25, -0.2) is 4.98 Å². The van der Waals surface area contributed by atoms with Gasteiger partial charge in [0.1, 0.15) is 23.4 Å². The average Bonchev–Trinajstić information content (AvgIpc) is 2.53. The van der Waals surface area contributed by atoms with Gasteiger partial charge < -0.3 is 14.4 Å². The van der Waals surface area contributed by atoms with Crippen LogP contribution in [-0.4, -0.2) is 26.3 Å². The number of hydrogen-bond donors (Lipinski definition) is 0. The Labute approximate surface area is 137 Å². The van der Waals surface area contributed by atoms with Gasteiger partial charge in [0.15, 0.2) is 0 Å². The highest BCUT2D eigenvalue weighted by Crippen LogP contribution is 2.26. The van der Waals surface area contributed by atoms with Crippen LogP contribution in [0.25, 0.3) is 0 Å². The largest absolute Gasteiger partial charge is 0.497 e. The lowest BCUT2D eigenvalue weighted by Gasteiger charge is -2.21. The summed E-state index contributed by atoms with van der Waals surface area (Å²) in [7, 11) is 5.18. The second-order valence-corrected chi connectivity index (χ2v) is 5.47. The lowest BCUT2D eigenvalue weighted by atomic mass is 10.1. The topological polar surface area (TPSA) is 58.4 Å². The second-order valence-electron chi connectivity index (χ2n) is 5.47. The van der Waals surface area contributed by atoms with Gasteiger partial charge in [-0.15, -0.1) is 0 Å². The molecule has 1 aromatic carbocycles. The molecule has 5 heteroatoms. The minimum Gasteiger partial charge on any atom is -0.497 e. The van der Waals surface area contributed by atoms with Crippen LogP contribution in [0.3, 0.4) is 0 Å². The maximum Gasteiger partial charge on any atom is 0.147 e. The van der Waals surface area contributed by atoms with Crippen molar-refractivity contribution in [2.24, 2.45) is 0 Å². The molecular weight excluding hydrogens is 290 g/mol. The third-order valence-corrected chi connectivity index (χ3v) is 3.63. The fraction of sp³-hybridized carbons (Fsp3) is 0.333. The Balaban J connectivity index is 2.36. The molecule has 5 nitrogen and oxygen atoms in total. The van der Waals surface area contributed by atoms with Gasteiger partial charge in [-0.05, 0) is 43.2 Å². The molecule has 120 valence electrons. The van der Waals surface area contributed by atoms with Gasteiger partial charge >= 0.3 is 0 Å². The molecule has 1 heterocycles. The molecular formula is C18H21N3O2. The number of methoxy groups -OCH3 is 2. The molecule has 1 aromatic heterocycles. The Morgan fingerprint density at radius 3 is 2.22 bits per heavy atom. The zero-order valence-corrected chi connectivity index (χ0v) is 14.2. The molecule has 0 atom stereocenters. The van der Waals surface area contributed by atoms with Gasteiger partial charge in [0, 0.05) is 25.4 Å². The van der Waals surface area contributed by atoms with Gasteiger partial charge in [0.25, 0.3) is 0 Å². The van der Waals surface area contributed by atoms with Crippen molar-refractivity contribution in [3.05, 3.63) is 46.6 Å². The molecule has 0 unspecified atom stereocenters. The van der Waals surface area contributed by atoms with Crippen molar-refractivity contribution in [2.45, 2.75) is 20.4 Å². The minimum absolute atomic E-state index is 0.595.